The van der Waals surface area contributed by atoms with Crippen LogP contribution >= 0.6 is 0 Å². The third-order valence-electron chi connectivity index (χ3n) is 4.20. The topological polar surface area (TPSA) is 21.6 Å². The van der Waals surface area contributed by atoms with E-state index in [-0.39, 0.29) is 5.54 Å². The highest BCUT2D eigenvalue weighted by Gasteiger charge is 2.28. The fourth-order valence-electron chi connectivity index (χ4n) is 3.09. The van der Waals surface area contributed by atoms with E-state index in [1.54, 1.807) is 0 Å². The number of nitrogens with zero attached hydrogens (tertiary/aromatic N) is 1. The lowest BCUT2D eigenvalue weighted by molar-refractivity contribution is 0.279. The van der Waals surface area contributed by atoms with Crippen molar-refractivity contribution in [3.63, 3.8) is 0 Å². The molecule has 23 heavy (non-hydrogen) atoms. The summed E-state index contributed by atoms with van der Waals surface area (Å²) >= 11 is 0. The molecule has 0 bridgehead atoms. The van der Waals surface area contributed by atoms with Gasteiger partial charge in [0.2, 0.25) is 5.90 Å². The first-order valence-electron chi connectivity index (χ1n) is 7.94. The van der Waals surface area contributed by atoms with Crippen LogP contribution in [0, 0.1) is 0 Å². The Morgan fingerprint density at radius 1 is 0.783 bits per heavy atom. The van der Waals surface area contributed by atoms with Gasteiger partial charge in [0.15, 0.2) is 0 Å². The van der Waals surface area contributed by atoms with Crippen LogP contribution in [0.4, 0.5) is 0 Å². The largest absolute Gasteiger partial charge is 0.475 e. The van der Waals surface area contributed by atoms with Crippen LogP contribution in [0.15, 0.2) is 71.7 Å². The number of aliphatic imine (C=N–C) groups is 1. The summed E-state index contributed by atoms with van der Waals surface area (Å²) in [5, 5.41) is 2.50. The molecule has 0 radical (unpaired) electrons. The van der Waals surface area contributed by atoms with Gasteiger partial charge in [0.25, 0.3) is 0 Å². The highest BCUT2D eigenvalue weighted by molar-refractivity contribution is 6.06. The minimum atomic E-state index is -0.152. The zero-order valence-electron chi connectivity index (χ0n) is 13.4. The molecule has 0 unspecified atom stereocenters. The molecule has 3 aromatic carbocycles. The second-order valence-corrected chi connectivity index (χ2v) is 6.59. The van der Waals surface area contributed by atoms with Crippen LogP contribution in [0.25, 0.3) is 21.9 Å². The lowest BCUT2D eigenvalue weighted by Crippen LogP contribution is -2.17. The smallest absolute Gasteiger partial charge is 0.217 e. The molecule has 0 aromatic heterocycles. The molecule has 3 aromatic rings. The third kappa shape index (κ3) is 2.50. The number of rotatable bonds is 2. The van der Waals surface area contributed by atoms with Gasteiger partial charge in [0.05, 0.1) is 5.54 Å². The first-order chi connectivity index (χ1) is 11.1. The zero-order valence-corrected chi connectivity index (χ0v) is 13.4. The quantitative estimate of drug-likeness (QED) is 0.648. The van der Waals surface area contributed by atoms with Gasteiger partial charge in [-0.25, -0.2) is 4.99 Å². The molecular weight excluding hydrogens is 282 g/mol. The molecule has 0 amide bonds. The Morgan fingerprint density at radius 2 is 1.43 bits per heavy atom. The summed E-state index contributed by atoms with van der Waals surface area (Å²) in [6, 6.07) is 23.3. The van der Waals surface area contributed by atoms with E-state index in [4.69, 9.17) is 9.73 Å². The molecule has 0 spiro atoms. The molecule has 114 valence electrons. The Labute approximate surface area is 136 Å². The first-order valence-corrected chi connectivity index (χ1v) is 7.94. The van der Waals surface area contributed by atoms with Crippen molar-refractivity contribution in [2.45, 2.75) is 19.4 Å². The Balaban J connectivity index is 1.94. The van der Waals surface area contributed by atoms with E-state index < -0.39 is 0 Å². The Kier molecular flexibility index (Phi) is 3.19. The van der Waals surface area contributed by atoms with Crippen molar-refractivity contribution in [1.29, 1.82) is 0 Å². The van der Waals surface area contributed by atoms with Crippen molar-refractivity contribution in [3.8, 4) is 11.1 Å². The molecule has 0 N–H and O–H groups in total. The molecule has 4 rings (SSSR count). The summed E-state index contributed by atoms with van der Waals surface area (Å²) in [5.41, 5.74) is 3.30. The number of benzene rings is 3. The molecule has 0 saturated carbocycles. The third-order valence-corrected chi connectivity index (χ3v) is 4.20. The maximum atomic E-state index is 5.88. The van der Waals surface area contributed by atoms with Crippen LogP contribution in [0.1, 0.15) is 19.4 Å². The van der Waals surface area contributed by atoms with E-state index in [2.05, 4.69) is 74.5 Å². The molecule has 1 aliphatic rings. The average molecular weight is 301 g/mol. The SMILES string of the molecule is CC1(C)COC(c2ccccc2-c2cccc3ccccc23)=N1. The molecule has 2 heteroatoms. The van der Waals surface area contributed by atoms with E-state index in [1.807, 2.05) is 6.07 Å². The number of fused-ring (bicyclic) bond motifs is 1. The minimum Gasteiger partial charge on any atom is -0.475 e. The van der Waals surface area contributed by atoms with Gasteiger partial charge < -0.3 is 4.74 Å². The summed E-state index contributed by atoms with van der Waals surface area (Å²) in [4.78, 5) is 4.75. The van der Waals surface area contributed by atoms with Crippen LogP contribution in [-0.2, 0) is 4.74 Å². The average Bonchev–Trinajstić information content (AvgIpc) is 2.94. The molecule has 0 atom stereocenters. The maximum absolute atomic E-state index is 5.88. The van der Waals surface area contributed by atoms with Gasteiger partial charge >= 0.3 is 0 Å². The molecule has 0 fully saturated rings. The second-order valence-electron chi connectivity index (χ2n) is 6.59. The van der Waals surface area contributed by atoms with Crippen LogP contribution in [-0.4, -0.2) is 18.0 Å². The van der Waals surface area contributed by atoms with Crippen molar-refractivity contribution in [2.75, 3.05) is 6.61 Å². The zero-order chi connectivity index (χ0) is 15.9. The van der Waals surface area contributed by atoms with Crippen molar-refractivity contribution in [3.05, 3.63) is 72.3 Å². The van der Waals surface area contributed by atoms with Gasteiger partial charge in [0.1, 0.15) is 6.61 Å². The number of hydrogen-bond donors (Lipinski definition) is 0. The summed E-state index contributed by atoms with van der Waals surface area (Å²) in [6.45, 7) is 4.83. The molecule has 1 aliphatic heterocycles. The van der Waals surface area contributed by atoms with Gasteiger partial charge in [-0.2, -0.15) is 0 Å². The molecule has 0 aliphatic carbocycles. The predicted molar refractivity (Wildman–Crippen MR) is 96.0 cm³/mol. The van der Waals surface area contributed by atoms with Crippen LogP contribution in [0.2, 0.25) is 0 Å². The van der Waals surface area contributed by atoms with E-state index in [0.717, 1.165) is 11.5 Å². The molecule has 2 nitrogen and oxygen atoms in total. The van der Waals surface area contributed by atoms with Crippen LogP contribution in [0.3, 0.4) is 0 Å². The van der Waals surface area contributed by atoms with Gasteiger partial charge in [-0.05, 0) is 41.8 Å². The summed E-state index contributed by atoms with van der Waals surface area (Å²) in [7, 11) is 0. The van der Waals surface area contributed by atoms with Crippen molar-refractivity contribution in [1.82, 2.24) is 0 Å². The summed E-state index contributed by atoms with van der Waals surface area (Å²) in [5.74, 6) is 0.749. The highest BCUT2D eigenvalue weighted by atomic mass is 16.5. The van der Waals surface area contributed by atoms with Gasteiger partial charge in [-0.15, -0.1) is 0 Å². The van der Waals surface area contributed by atoms with E-state index in [0.29, 0.717) is 6.61 Å². The van der Waals surface area contributed by atoms with Crippen molar-refractivity contribution >= 4 is 16.7 Å². The normalized spacial score (nSPS) is 16.2. The van der Waals surface area contributed by atoms with E-state index >= 15 is 0 Å². The van der Waals surface area contributed by atoms with Gasteiger partial charge in [-0.3, -0.25) is 0 Å². The van der Waals surface area contributed by atoms with E-state index in [1.165, 1.54) is 21.9 Å². The summed E-state index contributed by atoms with van der Waals surface area (Å²) < 4.78 is 5.88. The highest BCUT2D eigenvalue weighted by Crippen LogP contribution is 2.33. The standard InChI is InChI=1S/C21H19NO/c1-21(2)14-23-20(22-21)19-12-6-5-11-18(19)17-13-7-9-15-8-3-4-10-16(15)17/h3-13H,14H2,1-2H3. The van der Waals surface area contributed by atoms with Gasteiger partial charge in [-0.1, -0.05) is 60.7 Å². The molecule has 0 saturated heterocycles. The Morgan fingerprint density at radius 3 is 2.22 bits per heavy atom. The monoisotopic (exact) mass is 301 g/mol. The van der Waals surface area contributed by atoms with E-state index in [9.17, 15) is 0 Å². The number of hydrogen-bond acceptors (Lipinski definition) is 2. The fraction of sp³-hybridized carbons (Fsp3) is 0.190. The van der Waals surface area contributed by atoms with Crippen molar-refractivity contribution < 1.29 is 4.74 Å². The Hall–Kier alpha value is -2.61. The summed E-state index contributed by atoms with van der Waals surface area (Å²) in [6.07, 6.45) is 0. The fourth-order valence-corrected chi connectivity index (χ4v) is 3.09. The van der Waals surface area contributed by atoms with Crippen molar-refractivity contribution in [2.24, 2.45) is 4.99 Å². The minimum absolute atomic E-state index is 0.152. The molecular formula is C21H19NO. The number of ether oxygens (including phenoxy) is 1. The van der Waals surface area contributed by atoms with Crippen LogP contribution < -0.4 is 0 Å². The predicted octanol–water partition coefficient (Wildman–Crippen LogP) is 5.06. The maximum Gasteiger partial charge on any atom is 0.217 e. The van der Waals surface area contributed by atoms with Gasteiger partial charge in [0, 0.05) is 5.56 Å². The molecule has 1 heterocycles. The first kappa shape index (κ1) is 14.0. The second kappa shape index (κ2) is 5.24. The van der Waals surface area contributed by atoms with Crippen LogP contribution in [0.5, 0.6) is 0 Å². The lowest BCUT2D eigenvalue weighted by atomic mass is 9.94. The Bertz CT molecular complexity index is 903. The lowest BCUT2D eigenvalue weighted by Gasteiger charge is -2.12.